The van der Waals surface area contributed by atoms with Crippen molar-refractivity contribution in [2.24, 2.45) is 5.84 Å². The second kappa shape index (κ2) is 4.07. The van der Waals surface area contributed by atoms with E-state index in [1.165, 1.54) is 12.8 Å². The van der Waals surface area contributed by atoms with Gasteiger partial charge in [-0.1, -0.05) is 0 Å². The van der Waals surface area contributed by atoms with Crippen molar-refractivity contribution in [3.8, 4) is 0 Å². The molecule has 3 rings (SSSR count). The third kappa shape index (κ3) is 1.72. The fraction of sp³-hybridized carbons (Fsp3) is 0.500. The number of thiophene rings is 1. The van der Waals surface area contributed by atoms with Crippen LogP contribution in [0.4, 0.5) is 11.8 Å². The lowest BCUT2D eigenvalue weighted by molar-refractivity contribution is 0.515. The standard InChI is InChI=1S/C12H17N5S/c1-12(2)5-3-6-17(12)9-8-4-7-18-10(8)15-11(14-9)16-13/h4,7H,3,5-6,13H2,1-2H3,(H,14,15,16). The maximum Gasteiger partial charge on any atom is 0.240 e. The Morgan fingerprint density at radius 2 is 2.28 bits per heavy atom. The van der Waals surface area contributed by atoms with Crippen LogP contribution in [0.15, 0.2) is 11.4 Å². The van der Waals surface area contributed by atoms with Crippen molar-refractivity contribution < 1.29 is 0 Å². The summed E-state index contributed by atoms with van der Waals surface area (Å²) in [7, 11) is 0. The SMILES string of the molecule is CC1(C)CCCN1c1nc(NN)nc2sccc12. The second-order valence-corrected chi connectivity index (χ2v) is 6.12. The monoisotopic (exact) mass is 263 g/mol. The van der Waals surface area contributed by atoms with E-state index in [-0.39, 0.29) is 5.54 Å². The second-order valence-electron chi connectivity index (χ2n) is 5.22. The van der Waals surface area contributed by atoms with Crippen molar-refractivity contribution in [1.29, 1.82) is 0 Å². The fourth-order valence-corrected chi connectivity index (χ4v) is 3.37. The molecule has 2 aromatic heterocycles. The first-order valence-corrected chi connectivity index (χ1v) is 6.99. The Morgan fingerprint density at radius 3 is 2.94 bits per heavy atom. The number of nitrogens with two attached hydrogens (primary N) is 1. The molecule has 0 spiro atoms. The number of anilines is 2. The minimum absolute atomic E-state index is 0.148. The molecule has 0 radical (unpaired) electrons. The van der Waals surface area contributed by atoms with E-state index in [4.69, 9.17) is 5.84 Å². The maximum atomic E-state index is 5.46. The van der Waals surface area contributed by atoms with Crippen molar-refractivity contribution in [2.75, 3.05) is 16.9 Å². The number of hydrogen-bond acceptors (Lipinski definition) is 6. The Bertz CT molecular complexity index is 577. The van der Waals surface area contributed by atoms with Gasteiger partial charge in [-0.3, -0.25) is 5.43 Å². The van der Waals surface area contributed by atoms with Crippen molar-refractivity contribution >= 4 is 33.3 Å². The molecule has 0 amide bonds. The van der Waals surface area contributed by atoms with E-state index in [2.05, 4.69) is 40.2 Å². The van der Waals surface area contributed by atoms with E-state index in [0.29, 0.717) is 5.95 Å². The van der Waals surface area contributed by atoms with Crippen LogP contribution in [0.25, 0.3) is 10.2 Å². The Hall–Kier alpha value is -1.40. The van der Waals surface area contributed by atoms with E-state index in [1.807, 2.05) is 5.38 Å². The molecule has 1 aliphatic heterocycles. The Labute approximate surface area is 110 Å². The summed E-state index contributed by atoms with van der Waals surface area (Å²) < 4.78 is 0. The Kier molecular flexibility index (Phi) is 2.64. The van der Waals surface area contributed by atoms with Gasteiger partial charge in [-0.25, -0.2) is 10.8 Å². The lowest BCUT2D eigenvalue weighted by Crippen LogP contribution is -2.39. The number of hydrogen-bond donors (Lipinski definition) is 2. The quantitative estimate of drug-likeness (QED) is 0.643. The first-order valence-electron chi connectivity index (χ1n) is 6.11. The summed E-state index contributed by atoms with van der Waals surface area (Å²) in [5.41, 5.74) is 2.71. The molecule has 1 aliphatic rings. The maximum absolute atomic E-state index is 5.46. The average molecular weight is 263 g/mol. The zero-order valence-corrected chi connectivity index (χ0v) is 11.4. The Balaban J connectivity index is 2.18. The number of nitrogens with zero attached hydrogens (tertiary/aromatic N) is 3. The minimum Gasteiger partial charge on any atom is -0.351 e. The molecular formula is C12H17N5S. The molecule has 2 aromatic rings. The average Bonchev–Trinajstić information content (AvgIpc) is 2.93. The molecule has 0 unspecified atom stereocenters. The van der Waals surface area contributed by atoms with Crippen LogP contribution in [-0.2, 0) is 0 Å². The lowest BCUT2D eigenvalue weighted by Gasteiger charge is -2.33. The van der Waals surface area contributed by atoms with Crippen LogP contribution >= 0.6 is 11.3 Å². The zero-order valence-electron chi connectivity index (χ0n) is 10.6. The molecular weight excluding hydrogens is 246 g/mol. The van der Waals surface area contributed by atoms with Crippen molar-refractivity contribution in [1.82, 2.24) is 9.97 Å². The first-order chi connectivity index (χ1) is 8.62. The van der Waals surface area contributed by atoms with Gasteiger partial charge in [-0.05, 0) is 38.1 Å². The third-order valence-corrected chi connectivity index (χ3v) is 4.40. The van der Waals surface area contributed by atoms with Gasteiger partial charge in [0, 0.05) is 12.1 Å². The molecule has 0 bridgehead atoms. The molecule has 0 aromatic carbocycles. The molecule has 0 atom stereocenters. The highest BCUT2D eigenvalue weighted by atomic mass is 32.1. The summed E-state index contributed by atoms with van der Waals surface area (Å²) in [5.74, 6) is 6.94. The molecule has 1 fully saturated rings. The van der Waals surface area contributed by atoms with Crippen LogP contribution in [0.5, 0.6) is 0 Å². The van der Waals surface area contributed by atoms with Gasteiger partial charge < -0.3 is 4.90 Å². The highest BCUT2D eigenvalue weighted by Gasteiger charge is 2.34. The van der Waals surface area contributed by atoms with Gasteiger partial charge in [-0.2, -0.15) is 4.98 Å². The van der Waals surface area contributed by atoms with E-state index in [0.717, 1.165) is 22.6 Å². The van der Waals surface area contributed by atoms with Gasteiger partial charge in [0.2, 0.25) is 5.95 Å². The molecule has 3 heterocycles. The summed E-state index contributed by atoms with van der Waals surface area (Å²) >= 11 is 1.62. The molecule has 0 aliphatic carbocycles. The zero-order chi connectivity index (χ0) is 12.8. The van der Waals surface area contributed by atoms with Gasteiger partial charge in [0.1, 0.15) is 10.6 Å². The van der Waals surface area contributed by atoms with Gasteiger partial charge >= 0.3 is 0 Å². The molecule has 5 nitrogen and oxygen atoms in total. The van der Waals surface area contributed by atoms with Crippen LogP contribution < -0.4 is 16.2 Å². The Morgan fingerprint density at radius 1 is 1.44 bits per heavy atom. The molecule has 18 heavy (non-hydrogen) atoms. The summed E-state index contributed by atoms with van der Waals surface area (Å²) in [4.78, 5) is 12.3. The predicted octanol–water partition coefficient (Wildman–Crippen LogP) is 2.36. The highest BCUT2D eigenvalue weighted by molar-refractivity contribution is 7.16. The van der Waals surface area contributed by atoms with Gasteiger partial charge in [-0.15, -0.1) is 11.3 Å². The number of fused-ring (bicyclic) bond motifs is 1. The van der Waals surface area contributed by atoms with Crippen molar-refractivity contribution in [3.05, 3.63) is 11.4 Å². The van der Waals surface area contributed by atoms with Crippen molar-refractivity contribution in [3.63, 3.8) is 0 Å². The number of rotatable bonds is 2. The smallest absolute Gasteiger partial charge is 0.240 e. The van der Waals surface area contributed by atoms with E-state index in [9.17, 15) is 0 Å². The van der Waals surface area contributed by atoms with E-state index >= 15 is 0 Å². The lowest BCUT2D eigenvalue weighted by atomic mass is 10.0. The number of nitrogen functional groups attached to an aromatic ring is 1. The van der Waals surface area contributed by atoms with E-state index < -0.39 is 0 Å². The minimum atomic E-state index is 0.148. The summed E-state index contributed by atoms with van der Waals surface area (Å²) in [5, 5.41) is 3.17. The van der Waals surface area contributed by atoms with E-state index in [1.54, 1.807) is 11.3 Å². The van der Waals surface area contributed by atoms with Crippen LogP contribution in [0, 0.1) is 0 Å². The molecule has 0 saturated carbocycles. The van der Waals surface area contributed by atoms with Gasteiger partial charge in [0.05, 0.1) is 5.39 Å². The van der Waals surface area contributed by atoms with Crippen LogP contribution in [0.2, 0.25) is 0 Å². The molecule has 96 valence electrons. The number of hydrazine groups is 1. The predicted molar refractivity (Wildman–Crippen MR) is 75.9 cm³/mol. The van der Waals surface area contributed by atoms with Crippen LogP contribution in [0.1, 0.15) is 26.7 Å². The molecule has 3 N–H and O–H groups in total. The topological polar surface area (TPSA) is 67.1 Å². The third-order valence-electron chi connectivity index (χ3n) is 3.59. The molecule has 1 saturated heterocycles. The number of nitrogens with one attached hydrogen (secondary N) is 1. The summed E-state index contributed by atoms with van der Waals surface area (Å²) in [6, 6.07) is 2.09. The fourth-order valence-electron chi connectivity index (χ4n) is 2.61. The van der Waals surface area contributed by atoms with Gasteiger partial charge in [0.15, 0.2) is 0 Å². The molecule has 6 heteroatoms. The number of aromatic nitrogens is 2. The summed E-state index contributed by atoms with van der Waals surface area (Å²) in [6.07, 6.45) is 2.39. The van der Waals surface area contributed by atoms with Gasteiger partial charge in [0.25, 0.3) is 0 Å². The van der Waals surface area contributed by atoms with Crippen LogP contribution in [0.3, 0.4) is 0 Å². The largest absolute Gasteiger partial charge is 0.351 e. The summed E-state index contributed by atoms with van der Waals surface area (Å²) in [6.45, 7) is 5.56. The van der Waals surface area contributed by atoms with Crippen LogP contribution in [-0.4, -0.2) is 22.1 Å². The van der Waals surface area contributed by atoms with Crippen molar-refractivity contribution in [2.45, 2.75) is 32.2 Å². The normalized spacial score (nSPS) is 18.5. The highest BCUT2D eigenvalue weighted by Crippen LogP contribution is 2.37. The first kappa shape index (κ1) is 11.7.